The summed E-state index contributed by atoms with van der Waals surface area (Å²) in [4.78, 5) is 12.3. The largest absolute Gasteiger partial charge is 0.352 e. The van der Waals surface area contributed by atoms with Crippen LogP contribution in [0.1, 0.15) is 39.5 Å². The fraction of sp³-hybridized carbons (Fsp3) is 0.562. The summed E-state index contributed by atoms with van der Waals surface area (Å²) in [6.07, 6.45) is 4.08. The molecule has 1 atom stereocenters. The second kappa shape index (κ2) is 7.64. The molecule has 128 valence electrons. The van der Waals surface area contributed by atoms with Gasteiger partial charge in [-0.1, -0.05) is 18.5 Å². The molecule has 1 saturated carbocycles. The van der Waals surface area contributed by atoms with Crippen molar-refractivity contribution in [3.8, 4) is 0 Å². The highest BCUT2D eigenvalue weighted by atomic mass is 35.5. The van der Waals surface area contributed by atoms with Crippen molar-refractivity contribution in [1.29, 1.82) is 0 Å². The Kier molecular flexibility index (Phi) is 6.06. The van der Waals surface area contributed by atoms with E-state index in [9.17, 15) is 13.2 Å². The summed E-state index contributed by atoms with van der Waals surface area (Å²) in [5, 5.41) is 3.39. The van der Waals surface area contributed by atoms with Crippen molar-refractivity contribution >= 4 is 27.5 Å². The number of amides is 1. The average molecular weight is 359 g/mol. The van der Waals surface area contributed by atoms with Gasteiger partial charge in [0, 0.05) is 11.1 Å². The second-order valence-electron chi connectivity index (χ2n) is 6.26. The van der Waals surface area contributed by atoms with Crippen LogP contribution in [0.4, 0.5) is 0 Å². The van der Waals surface area contributed by atoms with E-state index in [1.165, 1.54) is 24.3 Å². The van der Waals surface area contributed by atoms with E-state index in [2.05, 4.69) is 17.0 Å². The number of hydrogen-bond donors (Lipinski definition) is 2. The maximum Gasteiger partial charge on any atom is 0.241 e. The van der Waals surface area contributed by atoms with E-state index in [-0.39, 0.29) is 16.8 Å². The number of benzene rings is 1. The summed E-state index contributed by atoms with van der Waals surface area (Å²) in [7, 11) is -3.74. The van der Waals surface area contributed by atoms with Crippen molar-refractivity contribution in [1.82, 2.24) is 10.0 Å². The minimum Gasteiger partial charge on any atom is -0.352 e. The van der Waals surface area contributed by atoms with Crippen LogP contribution in [0.25, 0.3) is 0 Å². The van der Waals surface area contributed by atoms with Crippen molar-refractivity contribution in [2.75, 3.05) is 0 Å². The predicted octanol–water partition coefficient (Wildman–Crippen LogP) is 2.70. The fourth-order valence-corrected chi connectivity index (χ4v) is 4.03. The van der Waals surface area contributed by atoms with Gasteiger partial charge in [0.1, 0.15) is 0 Å². The Labute approximate surface area is 142 Å². The topological polar surface area (TPSA) is 75.3 Å². The highest BCUT2D eigenvalue weighted by Gasteiger charge is 2.25. The number of hydrogen-bond acceptors (Lipinski definition) is 3. The third-order valence-corrected chi connectivity index (χ3v) is 6.02. The van der Waals surface area contributed by atoms with Gasteiger partial charge in [0.05, 0.1) is 10.9 Å². The Morgan fingerprint density at radius 3 is 2.30 bits per heavy atom. The Morgan fingerprint density at radius 1 is 1.17 bits per heavy atom. The number of rotatable bonds is 5. The first kappa shape index (κ1) is 18.2. The number of carbonyl (C=O) groups excluding carboxylic acids is 1. The lowest BCUT2D eigenvalue weighted by atomic mass is 9.87. The lowest BCUT2D eigenvalue weighted by Crippen LogP contribution is -2.48. The molecule has 2 rings (SSSR count). The summed E-state index contributed by atoms with van der Waals surface area (Å²) >= 11 is 5.76. The molecule has 1 aromatic carbocycles. The summed E-state index contributed by atoms with van der Waals surface area (Å²) in [5.74, 6) is 0.408. The van der Waals surface area contributed by atoms with Gasteiger partial charge in [-0.2, -0.15) is 4.72 Å². The van der Waals surface area contributed by atoms with Gasteiger partial charge in [-0.05, 0) is 62.8 Å². The lowest BCUT2D eigenvalue weighted by molar-refractivity contribution is -0.123. The first-order chi connectivity index (χ1) is 10.8. The van der Waals surface area contributed by atoms with E-state index in [0.29, 0.717) is 10.9 Å². The SMILES string of the molecule is CC1CCC(NC(=O)C(C)NS(=O)(=O)c2ccc(Cl)cc2)CC1. The standard InChI is InChI=1S/C16H23ClN2O3S/c1-11-3-7-14(8-4-11)18-16(20)12(2)19-23(21,22)15-9-5-13(17)6-10-15/h5-6,9-12,14,19H,3-4,7-8H2,1-2H3,(H,18,20). The van der Waals surface area contributed by atoms with Crippen LogP contribution in [0.15, 0.2) is 29.2 Å². The molecule has 2 N–H and O–H groups in total. The number of sulfonamides is 1. The molecule has 7 heteroatoms. The molecule has 1 aromatic rings. The minimum atomic E-state index is -3.74. The zero-order chi connectivity index (χ0) is 17.0. The van der Waals surface area contributed by atoms with Crippen LogP contribution >= 0.6 is 11.6 Å². The molecule has 1 amide bonds. The van der Waals surface area contributed by atoms with Crippen LogP contribution in [0.2, 0.25) is 5.02 Å². The third kappa shape index (κ3) is 5.19. The van der Waals surface area contributed by atoms with E-state index in [1.54, 1.807) is 6.92 Å². The zero-order valence-electron chi connectivity index (χ0n) is 13.4. The van der Waals surface area contributed by atoms with Crippen molar-refractivity contribution in [3.05, 3.63) is 29.3 Å². The second-order valence-corrected chi connectivity index (χ2v) is 8.41. The Morgan fingerprint density at radius 2 is 1.74 bits per heavy atom. The monoisotopic (exact) mass is 358 g/mol. The number of nitrogens with one attached hydrogen (secondary N) is 2. The third-order valence-electron chi connectivity index (χ3n) is 4.21. The van der Waals surface area contributed by atoms with Crippen LogP contribution in [0.3, 0.4) is 0 Å². The normalized spacial score (nSPS) is 23.3. The summed E-state index contributed by atoms with van der Waals surface area (Å²) < 4.78 is 26.9. The van der Waals surface area contributed by atoms with Crippen molar-refractivity contribution < 1.29 is 13.2 Å². The van der Waals surface area contributed by atoms with Gasteiger partial charge < -0.3 is 5.32 Å². The molecule has 0 radical (unpaired) electrons. The Balaban J connectivity index is 1.93. The fourth-order valence-electron chi connectivity index (χ4n) is 2.70. The summed E-state index contributed by atoms with van der Waals surface area (Å²) in [6, 6.07) is 5.15. The first-order valence-corrected chi connectivity index (χ1v) is 9.72. The molecule has 23 heavy (non-hydrogen) atoms. The molecule has 1 aliphatic carbocycles. The quantitative estimate of drug-likeness (QED) is 0.849. The van der Waals surface area contributed by atoms with E-state index >= 15 is 0 Å². The molecule has 0 heterocycles. The zero-order valence-corrected chi connectivity index (χ0v) is 15.0. The molecule has 1 fully saturated rings. The van der Waals surface area contributed by atoms with Crippen molar-refractivity contribution in [3.63, 3.8) is 0 Å². The van der Waals surface area contributed by atoms with E-state index < -0.39 is 16.1 Å². The molecule has 1 unspecified atom stereocenters. The van der Waals surface area contributed by atoms with Gasteiger partial charge in [-0.3, -0.25) is 4.79 Å². The molecule has 0 spiro atoms. The van der Waals surface area contributed by atoms with Crippen molar-refractivity contribution in [2.45, 2.75) is 56.5 Å². The number of halogens is 1. The molecular formula is C16H23ClN2O3S. The lowest BCUT2D eigenvalue weighted by Gasteiger charge is -2.28. The van der Waals surface area contributed by atoms with Crippen LogP contribution in [0, 0.1) is 5.92 Å². The minimum absolute atomic E-state index is 0.0908. The maximum atomic E-state index is 12.3. The Hall–Kier alpha value is -1.11. The smallest absolute Gasteiger partial charge is 0.241 e. The van der Waals surface area contributed by atoms with Crippen LogP contribution in [0.5, 0.6) is 0 Å². The van der Waals surface area contributed by atoms with Gasteiger partial charge in [-0.15, -0.1) is 0 Å². The molecule has 0 aliphatic heterocycles. The molecule has 0 saturated heterocycles. The highest BCUT2D eigenvalue weighted by molar-refractivity contribution is 7.89. The predicted molar refractivity (Wildman–Crippen MR) is 90.8 cm³/mol. The van der Waals surface area contributed by atoms with Gasteiger partial charge in [-0.25, -0.2) is 8.42 Å². The van der Waals surface area contributed by atoms with Gasteiger partial charge >= 0.3 is 0 Å². The van der Waals surface area contributed by atoms with Crippen LogP contribution < -0.4 is 10.0 Å². The molecular weight excluding hydrogens is 336 g/mol. The number of carbonyl (C=O) groups is 1. The maximum absolute atomic E-state index is 12.3. The van der Waals surface area contributed by atoms with Gasteiger partial charge in [0.15, 0.2) is 0 Å². The summed E-state index contributed by atoms with van der Waals surface area (Å²) in [6.45, 7) is 3.76. The van der Waals surface area contributed by atoms with E-state index in [1.807, 2.05) is 0 Å². The van der Waals surface area contributed by atoms with E-state index in [0.717, 1.165) is 25.7 Å². The van der Waals surface area contributed by atoms with Crippen LogP contribution in [-0.4, -0.2) is 26.4 Å². The van der Waals surface area contributed by atoms with Gasteiger partial charge in [0.25, 0.3) is 0 Å². The summed E-state index contributed by atoms with van der Waals surface area (Å²) in [5.41, 5.74) is 0. The van der Waals surface area contributed by atoms with Crippen LogP contribution in [-0.2, 0) is 14.8 Å². The Bertz CT molecular complexity index is 638. The average Bonchev–Trinajstić information content (AvgIpc) is 2.49. The van der Waals surface area contributed by atoms with E-state index in [4.69, 9.17) is 11.6 Å². The molecule has 0 aromatic heterocycles. The highest BCUT2D eigenvalue weighted by Crippen LogP contribution is 2.23. The molecule has 1 aliphatic rings. The molecule has 5 nitrogen and oxygen atoms in total. The van der Waals surface area contributed by atoms with Crippen molar-refractivity contribution in [2.24, 2.45) is 5.92 Å². The molecule has 0 bridgehead atoms. The first-order valence-electron chi connectivity index (χ1n) is 7.86. The van der Waals surface area contributed by atoms with Gasteiger partial charge in [0.2, 0.25) is 15.9 Å².